The second-order valence-corrected chi connectivity index (χ2v) is 8.06. The first-order valence-electron chi connectivity index (χ1n) is 6.53. The number of ether oxygens (including phenoxy) is 2. The Labute approximate surface area is 116 Å². The summed E-state index contributed by atoms with van der Waals surface area (Å²) in [4.78, 5) is 11.5. The lowest BCUT2D eigenvalue weighted by Crippen LogP contribution is -2.23. The molecule has 0 saturated carbocycles. The predicted octanol–water partition coefficient (Wildman–Crippen LogP) is 1.52. The molecule has 1 N–H and O–H groups in total. The summed E-state index contributed by atoms with van der Waals surface area (Å²) in [7, 11) is -0.769. The molecule has 0 aliphatic heterocycles. The molecule has 0 spiro atoms. The highest BCUT2D eigenvalue weighted by Gasteiger charge is 2.12. The normalized spacial score (nSPS) is 12.4. The number of hydrogen-bond donors (Lipinski definition) is 1. The standard InChI is InChI=1S/C14H22O4Si/c1-19(2)11-17-10-13(15)8-14(16)18-9-12-6-4-3-5-7-12/h3-7,13,15,19H,8-11H2,1-2H3. The molecule has 0 radical (unpaired) electrons. The van der Waals surface area contributed by atoms with Crippen molar-refractivity contribution in [2.75, 3.05) is 12.8 Å². The van der Waals surface area contributed by atoms with Gasteiger partial charge in [-0.1, -0.05) is 43.4 Å². The number of benzene rings is 1. The molecule has 0 saturated heterocycles. The fourth-order valence-corrected chi connectivity index (χ4v) is 2.10. The van der Waals surface area contributed by atoms with Gasteiger partial charge in [0.25, 0.3) is 0 Å². The minimum atomic E-state index is -0.781. The van der Waals surface area contributed by atoms with E-state index in [-0.39, 0.29) is 19.6 Å². The van der Waals surface area contributed by atoms with Gasteiger partial charge in [0.05, 0.1) is 27.9 Å². The molecule has 0 aromatic heterocycles. The summed E-state index contributed by atoms with van der Waals surface area (Å²) in [5, 5.41) is 9.62. The van der Waals surface area contributed by atoms with Crippen LogP contribution in [-0.4, -0.2) is 38.8 Å². The van der Waals surface area contributed by atoms with Crippen LogP contribution in [0.5, 0.6) is 0 Å². The van der Waals surface area contributed by atoms with Crippen molar-refractivity contribution in [3.8, 4) is 0 Å². The molecular formula is C14H22O4Si. The van der Waals surface area contributed by atoms with Crippen molar-refractivity contribution in [2.45, 2.75) is 32.2 Å². The Hall–Kier alpha value is -1.17. The fourth-order valence-electron chi connectivity index (χ4n) is 1.49. The first kappa shape index (κ1) is 15.9. The number of hydrogen-bond acceptors (Lipinski definition) is 4. The summed E-state index contributed by atoms with van der Waals surface area (Å²) in [6.45, 7) is 4.78. The molecule has 0 aliphatic carbocycles. The average Bonchev–Trinajstić information content (AvgIpc) is 2.37. The summed E-state index contributed by atoms with van der Waals surface area (Å²) in [5.41, 5.74) is 0.937. The van der Waals surface area contributed by atoms with Crippen molar-refractivity contribution < 1.29 is 19.4 Å². The third-order valence-electron chi connectivity index (χ3n) is 2.41. The van der Waals surface area contributed by atoms with Crippen LogP contribution >= 0.6 is 0 Å². The molecule has 0 fully saturated rings. The van der Waals surface area contributed by atoms with Crippen LogP contribution in [0.2, 0.25) is 13.1 Å². The van der Waals surface area contributed by atoms with Gasteiger partial charge in [-0.15, -0.1) is 0 Å². The van der Waals surface area contributed by atoms with E-state index < -0.39 is 20.9 Å². The Bertz CT molecular complexity index is 367. The average molecular weight is 282 g/mol. The molecule has 1 unspecified atom stereocenters. The number of carbonyl (C=O) groups excluding carboxylic acids is 1. The van der Waals surface area contributed by atoms with Gasteiger partial charge >= 0.3 is 5.97 Å². The zero-order valence-electron chi connectivity index (χ0n) is 11.5. The van der Waals surface area contributed by atoms with E-state index in [9.17, 15) is 9.90 Å². The van der Waals surface area contributed by atoms with Crippen molar-refractivity contribution in [3.63, 3.8) is 0 Å². The third-order valence-corrected chi connectivity index (χ3v) is 3.31. The van der Waals surface area contributed by atoms with Gasteiger partial charge < -0.3 is 14.6 Å². The van der Waals surface area contributed by atoms with E-state index in [2.05, 4.69) is 13.1 Å². The monoisotopic (exact) mass is 282 g/mol. The smallest absolute Gasteiger partial charge is 0.308 e. The number of aliphatic hydroxyl groups is 1. The van der Waals surface area contributed by atoms with Crippen molar-refractivity contribution in [3.05, 3.63) is 35.9 Å². The van der Waals surface area contributed by atoms with Crippen LogP contribution in [0, 0.1) is 0 Å². The molecule has 1 atom stereocenters. The lowest BCUT2D eigenvalue weighted by Gasteiger charge is -2.12. The first-order valence-corrected chi connectivity index (χ1v) is 9.66. The highest BCUT2D eigenvalue weighted by Crippen LogP contribution is 2.03. The van der Waals surface area contributed by atoms with Crippen LogP contribution in [0.1, 0.15) is 12.0 Å². The molecule has 0 bridgehead atoms. The summed E-state index contributed by atoms with van der Waals surface area (Å²) in [6.07, 6.45) is -0.0844. The number of aliphatic hydroxyl groups excluding tert-OH is 1. The molecular weight excluding hydrogens is 260 g/mol. The van der Waals surface area contributed by atoms with Crippen LogP contribution < -0.4 is 0 Å². The van der Waals surface area contributed by atoms with Crippen LogP contribution in [0.25, 0.3) is 0 Å². The maximum absolute atomic E-state index is 11.5. The Morgan fingerprint density at radius 3 is 2.63 bits per heavy atom. The minimum Gasteiger partial charge on any atom is -0.461 e. The molecule has 106 valence electrons. The first-order chi connectivity index (χ1) is 9.08. The van der Waals surface area contributed by atoms with Crippen molar-refractivity contribution in [1.82, 2.24) is 0 Å². The van der Waals surface area contributed by atoms with E-state index in [1.54, 1.807) is 0 Å². The maximum atomic E-state index is 11.5. The molecule has 0 aliphatic rings. The molecule has 1 rings (SSSR count). The Balaban J connectivity index is 2.16. The van der Waals surface area contributed by atoms with Gasteiger partial charge in [0.2, 0.25) is 0 Å². The van der Waals surface area contributed by atoms with Gasteiger partial charge in [-0.3, -0.25) is 4.79 Å². The van der Waals surface area contributed by atoms with Crippen molar-refractivity contribution >= 4 is 14.8 Å². The molecule has 5 heteroatoms. The van der Waals surface area contributed by atoms with Gasteiger partial charge in [0.1, 0.15) is 6.61 Å². The molecule has 1 aromatic rings. The van der Waals surface area contributed by atoms with Crippen molar-refractivity contribution in [2.24, 2.45) is 0 Å². The zero-order chi connectivity index (χ0) is 14.1. The van der Waals surface area contributed by atoms with E-state index in [0.29, 0.717) is 0 Å². The SMILES string of the molecule is C[SiH](C)COCC(O)CC(=O)OCc1ccccc1. The molecule has 1 aromatic carbocycles. The lowest BCUT2D eigenvalue weighted by atomic mass is 10.2. The van der Waals surface area contributed by atoms with E-state index in [1.807, 2.05) is 30.3 Å². The highest BCUT2D eigenvalue weighted by molar-refractivity contribution is 6.55. The van der Waals surface area contributed by atoms with Gasteiger partial charge in [0, 0.05) is 6.23 Å². The van der Waals surface area contributed by atoms with E-state index >= 15 is 0 Å². The zero-order valence-corrected chi connectivity index (χ0v) is 12.7. The number of rotatable bonds is 8. The molecule has 0 heterocycles. The van der Waals surface area contributed by atoms with Crippen LogP contribution in [0.3, 0.4) is 0 Å². The van der Waals surface area contributed by atoms with Gasteiger partial charge in [-0.05, 0) is 5.56 Å². The topological polar surface area (TPSA) is 55.8 Å². The van der Waals surface area contributed by atoms with Gasteiger partial charge in [0.15, 0.2) is 0 Å². The maximum Gasteiger partial charge on any atom is 0.308 e. The Morgan fingerprint density at radius 2 is 2.00 bits per heavy atom. The fraction of sp³-hybridized carbons (Fsp3) is 0.500. The second kappa shape index (κ2) is 8.85. The van der Waals surface area contributed by atoms with Gasteiger partial charge in [-0.25, -0.2) is 0 Å². The highest BCUT2D eigenvalue weighted by atomic mass is 28.3. The third kappa shape index (κ3) is 7.76. The predicted molar refractivity (Wildman–Crippen MR) is 76.6 cm³/mol. The Morgan fingerprint density at radius 1 is 1.32 bits per heavy atom. The van der Waals surface area contributed by atoms with E-state index in [4.69, 9.17) is 9.47 Å². The summed E-state index contributed by atoms with van der Waals surface area (Å²) < 4.78 is 10.4. The quantitative estimate of drug-likeness (QED) is 0.580. The van der Waals surface area contributed by atoms with Crippen LogP contribution in [-0.2, 0) is 20.9 Å². The summed E-state index contributed by atoms with van der Waals surface area (Å²) in [5.74, 6) is -0.401. The van der Waals surface area contributed by atoms with Crippen LogP contribution in [0.15, 0.2) is 30.3 Å². The molecule has 4 nitrogen and oxygen atoms in total. The lowest BCUT2D eigenvalue weighted by molar-refractivity contribution is -0.148. The molecule has 19 heavy (non-hydrogen) atoms. The minimum absolute atomic E-state index is 0.0213. The summed E-state index contributed by atoms with van der Waals surface area (Å²) >= 11 is 0. The second-order valence-electron chi connectivity index (χ2n) is 4.94. The van der Waals surface area contributed by atoms with E-state index in [1.165, 1.54) is 0 Å². The van der Waals surface area contributed by atoms with Crippen molar-refractivity contribution in [1.29, 1.82) is 0 Å². The summed E-state index contributed by atoms with van der Waals surface area (Å²) in [6, 6.07) is 9.47. The number of carbonyl (C=O) groups is 1. The Kier molecular flexibility index (Phi) is 7.40. The van der Waals surface area contributed by atoms with E-state index in [0.717, 1.165) is 11.8 Å². The molecule has 0 amide bonds. The largest absolute Gasteiger partial charge is 0.461 e. The number of esters is 1. The van der Waals surface area contributed by atoms with Gasteiger partial charge in [-0.2, -0.15) is 0 Å². The van der Waals surface area contributed by atoms with Crippen LogP contribution in [0.4, 0.5) is 0 Å².